The number of amides is 1. The van der Waals surface area contributed by atoms with Gasteiger partial charge >= 0.3 is 0 Å². The van der Waals surface area contributed by atoms with Crippen LogP contribution in [0.3, 0.4) is 0 Å². The van der Waals surface area contributed by atoms with Gasteiger partial charge in [0.15, 0.2) is 0 Å². The van der Waals surface area contributed by atoms with Gasteiger partial charge in [0, 0.05) is 13.0 Å². The Morgan fingerprint density at radius 3 is 2.67 bits per heavy atom. The lowest BCUT2D eigenvalue weighted by molar-refractivity contribution is -0.135. The zero-order chi connectivity index (χ0) is 17.3. The van der Waals surface area contributed by atoms with Gasteiger partial charge in [0.2, 0.25) is 5.60 Å². The number of aryl methyl sites for hydroxylation is 2. The first-order chi connectivity index (χ1) is 11.4. The molecule has 0 radical (unpaired) electrons. The maximum Gasteiger partial charge on any atom is 0.271 e. The van der Waals surface area contributed by atoms with Gasteiger partial charge in [0.1, 0.15) is 0 Å². The number of carbonyl (C=O) groups is 1. The zero-order valence-electron chi connectivity index (χ0n) is 14.5. The summed E-state index contributed by atoms with van der Waals surface area (Å²) in [6, 6.07) is 9.76. The van der Waals surface area contributed by atoms with Crippen LogP contribution in [0.1, 0.15) is 37.2 Å². The van der Waals surface area contributed by atoms with Gasteiger partial charge in [-0.15, -0.1) is 0 Å². The van der Waals surface area contributed by atoms with E-state index >= 15 is 0 Å². The molecule has 3 rings (SSSR count). The Bertz CT molecular complexity index is 795. The fourth-order valence-electron chi connectivity index (χ4n) is 2.88. The number of oxime groups is 1. The number of aromatic nitrogens is 2. The van der Waals surface area contributed by atoms with E-state index in [0.717, 1.165) is 34.9 Å². The van der Waals surface area contributed by atoms with E-state index in [1.54, 1.807) is 6.92 Å². The monoisotopic (exact) mass is 326 g/mol. The highest BCUT2D eigenvalue weighted by Crippen LogP contribution is 2.29. The molecule has 2 aromatic rings. The lowest BCUT2D eigenvalue weighted by Crippen LogP contribution is -2.40. The normalized spacial score (nSPS) is 19.8. The molecule has 6 nitrogen and oxygen atoms in total. The molecule has 24 heavy (non-hydrogen) atoms. The summed E-state index contributed by atoms with van der Waals surface area (Å²) in [5.74, 6) is -0.209. The molecule has 1 N–H and O–H groups in total. The molecule has 126 valence electrons. The number of benzene rings is 1. The van der Waals surface area contributed by atoms with Gasteiger partial charge < -0.3 is 10.2 Å². The second kappa shape index (κ2) is 6.11. The second-order valence-corrected chi connectivity index (χ2v) is 6.22. The third kappa shape index (κ3) is 2.79. The highest BCUT2D eigenvalue weighted by Gasteiger charge is 2.42. The van der Waals surface area contributed by atoms with Crippen molar-refractivity contribution in [2.75, 3.05) is 5.32 Å². The molecule has 1 atom stereocenters. The van der Waals surface area contributed by atoms with Gasteiger partial charge in [-0.2, -0.15) is 5.10 Å². The molecule has 0 spiro atoms. The van der Waals surface area contributed by atoms with E-state index in [1.807, 2.05) is 55.8 Å². The largest absolute Gasteiger partial charge is 0.379 e. The topological polar surface area (TPSA) is 68.5 Å². The Balaban J connectivity index is 1.76. The van der Waals surface area contributed by atoms with Crippen LogP contribution >= 0.6 is 0 Å². The lowest BCUT2D eigenvalue weighted by Gasteiger charge is -2.20. The fourth-order valence-corrected chi connectivity index (χ4v) is 2.88. The molecular weight excluding hydrogens is 304 g/mol. The maximum absolute atomic E-state index is 12.8. The molecule has 1 aliphatic heterocycles. The van der Waals surface area contributed by atoms with Crippen LogP contribution in [0.4, 0.5) is 5.69 Å². The van der Waals surface area contributed by atoms with Crippen molar-refractivity contribution in [2.24, 2.45) is 5.16 Å². The van der Waals surface area contributed by atoms with Crippen molar-refractivity contribution in [3.63, 3.8) is 0 Å². The summed E-state index contributed by atoms with van der Waals surface area (Å²) < 4.78 is 1.87. The van der Waals surface area contributed by atoms with Crippen molar-refractivity contribution in [1.82, 2.24) is 9.78 Å². The van der Waals surface area contributed by atoms with Crippen LogP contribution < -0.4 is 5.32 Å². The first-order valence-electron chi connectivity index (χ1n) is 8.10. The van der Waals surface area contributed by atoms with E-state index < -0.39 is 5.60 Å². The molecule has 0 bridgehead atoms. The average Bonchev–Trinajstić information content (AvgIpc) is 3.12. The average molecular weight is 326 g/mol. The Labute approximate surface area is 141 Å². The van der Waals surface area contributed by atoms with Crippen LogP contribution in [-0.2, 0) is 16.2 Å². The van der Waals surface area contributed by atoms with Crippen molar-refractivity contribution in [1.29, 1.82) is 0 Å². The zero-order valence-corrected chi connectivity index (χ0v) is 14.5. The van der Waals surface area contributed by atoms with Gasteiger partial charge in [-0.05, 0) is 33.3 Å². The van der Waals surface area contributed by atoms with Crippen LogP contribution in [0.25, 0.3) is 0 Å². The van der Waals surface area contributed by atoms with Crippen LogP contribution in [0.5, 0.6) is 0 Å². The van der Waals surface area contributed by atoms with Gasteiger partial charge in [-0.25, -0.2) is 0 Å². The number of nitrogens with zero attached hydrogens (tertiary/aromatic N) is 3. The molecule has 0 saturated carbocycles. The molecule has 0 aliphatic carbocycles. The third-order valence-corrected chi connectivity index (χ3v) is 4.37. The molecule has 2 heterocycles. The number of hydrogen-bond acceptors (Lipinski definition) is 4. The predicted octanol–water partition coefficient (Wildman–Crippen LogP) is 3.04. The lowest BCUT2D eigenvalue weighted by atomic mass is 9.95. The van der Waals surface area contributed by atoms with Crippen molar-refractivity contribution in [3.05, 3.63) is 47.3 Å². The van der Waals surface area contributed by atoms with Crippen molar-refractivity contribution >= 4 is 17.3 Å². The van der Waals surface area contributed by atoms with Crippen LogP contribution in [0.2, 0.25) is 0 Å². The predicted molar refractivity (Wildman–Crippen MR) is 93.1 cm³/mol. The summed E-state index contributed by atoms with van der Waals surface area (Å²) in [7, 11) is 0. The van der Waals surface area contributed by atoms with E-state index in [-0.39, 0.29) is 5.91 Å². The van der Waals surface area contributed by atoms with Gasteiger partial charge in [-0.3, -0.25) is 9.48 Å². The Hall–Kier alpha value is -2.63. The molecule has 0 saturated heterocycles. The number of nitrogens with one attached hydrogen (secondary N) is 1. The Morgan fingerprint density at radius 2 is 2.04 bits per heavy atom. The molecule has 0 fully saturated rings. The van der Waals surface area contributed by atoms with E-state index in [9.17, 15) is 4.79 Å². The Morgan fingerprint density at radius 1 is 1.33 bits per heavy atom. The van der Waals surface area contributed by atoms with E-state index in [4.69, 9.17) is 4.84 Å². The van der Waals surface area contributed by atoms with Crippen molar-refractivity contribution in [3.8, 4) is 0 Å². The molecule has 1 aromatic heterocycles. The minimum Gasteiger partial charge on any atom is -0.379 e. The molecule has 1 amide bonds. The summed E-state index contributed by atoms with van der Waals surface area (Å²) in [4.78, 5) is 18.3. The van der Waals surface area contributed by atoms with Crippen LogP contribution in [0.15, 0.2) is 35.5 Å². The van der Waals surface area contributed by atoms with E-state index in [0.29, 0.717) is 6.42 Å². The summed E-state index contributed by atoms with van der Waals surface area (Å²) in [6.45, 7) is 8.38. The minimum absolute atomic E-state index is 0.209. The van der Waals surface area contributed by atoms with E-state index in [2.05, 4.69) is 15.6 Å². The standard InChI is InChI=1S/C18H22N4O2/c1-5-22-13(3)16(12(2)20-22)19-17(23)18(4)11-15(21-24-18)14-9-7-6-8-10-14/h6-10H,5,11H2,1-4H3,(H,19,23)/t18-/m0/s1. The number of carbonyl (C=O) groups excluding carboxylic acids is 1. The molecular formula is C18H22N4O2. The van der Waals surface area contributed by atoms with Crippen LogP contribution in [0, 0.1) is 13.8 Å². The summed E-state index contributed by atoms with van der Waals surface area (Å²) >= 11 is 0. The molecule has 1 aromatic carbocycles. The highest BCUT2D eigenvalue weighted by molar-refractivity contribution is 6.08. The number of rotatable bonds is 4. The first kappa shape index (κ1) is 16.2. The SMILES string of the molecule is CCn1nc(C)c(NC(=O)[C@]2(C)CC(c3ccccc3)=NO2)c1C. The summed E-state index contributed by atoms with van der Waals surface area (Å²) in [5.41, 5.74) is 3.23. The van der Waals surface area contributed by atoms with Crippen molar-refractivity contribution < 1.29 is 9.63 Å². The van der Waals surface area contributed by atoms with Gasteiger partial charge in [0.05, 0.1) is 22.8 Å². The second-order valence-electron chi connectivity index (χ2n) is 6.22. The maximum atomic E-state index is 12.8. The quantitative estimate of drug-likeness (QED) is 0.939. The van der Waals surface area contributed by atoms with Crippen molar-refractivity contribution in [2.45, 2.75) is 46.3 Å². The van der Waals surface area contributed by atoms with Crippen LogP contribution in [-0.4, -0.2) is 27.0 Å². The van der Waals surface area contributed by atoms with Gasteiger partial charge in [0.25, 0.3) is 5.91 Å². The fraction of sp³-hybridized carbons (Fsp3) is 0.389. The summed E-state index contributed by atoms with van der Waals surface area (Å²) in [5, 5.41) is 11.5. The minimum atomic E-state index is -1.02. The smallest absolute Gasteiger partial charge is 0.271 e. The Kier molecular flexibility index (Phi) is 4.13. The first-order valence-corrected chi connectivity index (χ1v) is 8.10. The van der Waals surface area contributed by atoms with E-state index in [1.165, 1.54) is 0 Å². The molecule has 0 unspecified atom stereocenters. The number of hydrogen-bond donors (Lipinski definition) is 1. The highest BCUT2D eigenvalue weighted by atomic mass is 16.7. The molecule has 1 aliphatic rings. The number of anilines is 1. The third-order valence-electron chi connectivity index (χ3n) is 4.37. The van der Waals surface area contributed by atoms with Gasteiger partial charge in [-0.1, -0.05) is 35.5 Å². The summed E-state index contributed by atoms with van der Waals surface area (Å²) in [6.07, 6.45) is 0.433. The molecule has 6 heteroatoms.